The van der Waals surface area contributed by atoms with Gasteiger partial charge in [-0.1, -0.05) is 18.2 Å². The van der Waals surface area contributed by atoms with Crippen molar-refractivity contribution in [1.82, 2.24) is 10.6 Å². The monoisotopic (exact) mass is 270 g/mol. The molecule has 1 heterocycles. The average Bonchev–Trinajstić information content (AvgIpc) is 2.82. The molecule has 0 aliphatic carbocycles. The highest BCUT2D eigenvalue weighted by Gasteiger charge is 2.12. The van der Waals surface area contributed by atoms with Gasteiger partial charge >= 0.3 is 0 Å². The average molecular weight is 271 g/mol. The van der Waals surface area contributed by atoms with E-state index in [4.69, 9.17) is 4.74 Å². The van der Waals surface area contributed by atoms with Gasteiger partial charge in [-0.05, 0) is 23.6 Å². The maximum Gasteiger partial charge on any atom is 0.249 e. The number of nitrogens with one attached hydrogen (secondary N) is 2. The van der Waals surface area contributed by atoms with Gasteiger partial charge < -0.3 is 15.4 Å². The van der Waals surface area contributed by atoms with Gasteiger partial charge in [0.2, 0.25) is 5.91 Å². The van der Waals surface area contributed by atoms with Crippen LogP contribution in [0.3, 0.4) is 0 Å². The molecule has 18 heavy (non-hydrogen) atoms. The first-order valence-electron chi connectivity index (χ1n) is 5.82. The fourth-order valence-corrected chi connectivity index (χ4v) is 1.90. The largest absolute Gasteiger partial charge is 0.372 e. The molecule has 0 saturated carbocycles. The summed E-state index contributed by atoms with van der Waals surface area (Å²) in [7, 11) is 1.53. The first-order valence-corrected chi connectivity index (χ1v) is 5.82. The molecule has 2 rings (SSSR count). The molecule has 0 aromatic heterocycles. The lowest BCUT2D eigenvalue weighted by molar-refractivity contribution is -0.130. The summed E-state index contributed by atoms with van der Waals surface area (Å²) in [5, 5.41) is 6.16. The molecule has 1 amide bonds. The molecule has 0 fully saturated rings. The second-order valence-corrected chi connectivity index (χ2v) is 4.30. The molecular weight excluding hydrogens is 252 g/mol. The third kappa shape index (κ3) is 3.45. The fourth-order valence-electron chi connectivity index (χ4n) is 1.90. The molecule has 1 aliphatic heterocycles. The molecule has 1 aromatic carbocycles. The molecule has 1 aliphatic rings. The van der Waals surface area contributed by atoms with E-state index in [2.05, 4.69) is 28.8 Å². The van der Waals surface area contributed by atoms with Crippen molar-refractivity contribution in [3.63, 3.8) is 0 Å². The lowest BCUT2D eigenvalue weighted by Crippen LogP contribution is -2.33. The van der Waals surface area contributed by atoms with Crippen LogP contribution in [0.4, 0.5) is 0 Å². The zero-order valence-electron chi connectivity index (χ0n) is 10.7. The van der Waals surface area contributed by atoms with Crippen molar-refractivity contribution in [2.45, 2.75) is 32.7 Å². The highest BCUT2D eigenvalue weighted by Crippen LogP contribution is 2.16. The minimum atomic E-state index is -0.397. The Bertz CT molecular complexity index is 423. The van der Waals surface area contributed by atoms with Crippen molar-refractivity contribution in [1.29, 1.82) is 0 Å². The molecule has 100 valence electrons. The van der Waals surface area contributed by atoms with Crippen molar-refractivity contribution in [3.8, 4) is 0 Å². The lowest BCUT2D eigenvalue weighted by Gasteiger charge is -2.11. The van der Waals surface area contributed by atoms with E-state index < -0.39 is 6.10 Å². The number of hydrogen-bond donors (Lipinski definition) is 2. The minimum absolute atomic E-state index is 0. The number of hydrogen-bond acceptors (Lipinski definition) is 3. The third-order valence-electron chi connectivity index (χ3n) is 3.09. The number of carbonyl (C=O) groups excluding carboxylic acids is 1. The first kappa shape index (κ1) is 15.0. The number of fused-ring (bicyclic) bond motifs is 1. The Morgan fingerprint density at radius 3 is 2.89 bits per heavy atom. The zero-order chi connectivity index (χ0) is 12.3. The molecule has 5 heteroatoms. The van der Waals surface area contributed by atoms with Gasteiger partial charge in [-0.15, -0.1) is 12.4 Å². The molecule has 0 bridgehead atoms. The van der Waals surface area contributed by atoms with E-state index >= 15 is 0 Å². The van der Waals surface area contributed by atoms with E-state index in [0.29, 0.717) is 6.54 Å². The van der Waals surface area contributed by atoms with Gasteiger partial charge in [0, 0.05) is 26.7 Å². The summed E-state index contributed by atoms with van der Waals surface area (Å²) >= 11 is 0. The van der Waals surface area contributed by atoms with E-state index in [-0.39, 0.29) is 18.3 Å². The van der Waals surface area contributed by atoms with E-state index in [1.807, 2.05) is 0 Å². The van der Waals surface area contributed by atoms with Crippen molar-refractivity contribution in [2.75, 3.05) is 7.11 Å². The predicted octanol–water partition coefficient (Wildman–Crippen LogP) is 1.36. The number of benzene rings is 1. The topological polar surface area (TPSA) is 50.4 Å². The quantitative estimate of drug-likeness (QED) is 0.869. The number of carbonyl (C=O) groups is 1. The lowest BCUT2D eigenvalue weighted by atomic mass is 10.1. The van der Waals surface area contributed by atoms with Gasteiger partial charge in [0.05, 0.1) is 0 Å². The van der Waals surface area contributed by atoms with E-state index in [1.54, 1.807) is 6.92 Å². The second-order valence-electron chi connectivity index (χ2n) is 4.30. The summed E-state index contributed by atoms with van der Waals surface area (Å²) in [6.07, 6.45) is -0.397. The van der Waals surface area contributed by atoms with Crippen LogP contribution in [0.15, 0.2) is 18.2 Å². The van der Waals surface area contributed by atoms with Crippen LogP contribution in [0.2, 0.25) is 0 Å². The van der Waals surface area contributed by atoms with E-state index in [1.165, 1.54) is 18.2 Å². The van der Waals surface area contributed by atoms with Crippen LogP contribution in [0.1, 0.15) is 23.6 Å². The zero-order valence-corrected chi connectivity index (χ0v) is 11.5. The maximum absolute atomic E-state index is 11.5. The molecule has 1 atom stereocenters. The number of amides is 1. The van der Waals surface area contributed by atoms with Crippen LogP contribution in [0.5, 0.6) is 0 Å². The molecule has 0 radical (unpaired) electrons. The smallest absolute Gasteiger partial charge is 0.249 e. The number of ether oxygens (including phenoxy) is 1. The van der Waals surface area contributed by atoms with Gasteiger partial charge in [-0.2, -0.15) is 0 Å². The summed E-state index contributed by atoms with van der Waals surface area (Å²) in [5.41, 5.74) is 3.81. The molecule has 2 N–H and O–H groups in total. The fraction of sp³-hybridized carbons (Fsp3) is 0.462. The van der Waals surface area contributed by atoms with Crippen LogP contribution in [0.25, 0.3) is 0 Å². The Kier molecular flexibility index (Phi) is 5.59. The molecule has 4 nitrogen and oxygen atoms in total. The van der Waals surface area contributed by atoms with Crippen LogP contribution >= 0.6 is 12.4 Å². The SMILES string of the molecule is COC(C)C(=O)NCc1ccc2c(c1)CNC2.Cl. The van der Waals surface area contributed by atoms with Crippen molar-refractivity contribution < 1.29 is 9.53 Å². The van der Waals surface area contributed by atoms with Crippen molar-refractivity contribution in [3.05, 3.63) is 34.9 Å². The van der Waals surface area contributed by atoms with Crippen LogP contribution in [0, 0.1) is 0 Å². The van der Waals surface area contributed by atoms with Gasteiger partial charge in [-0.3, -0.25) is 4.79 Å². The van der Waals surface area contributed by atoms with Crippen LogP contribution in [-0.4, -0.2) is 19.1 Å². The van der Waals surface area contributed by atoms with Gasteiger partial charge in [0.1, 0.15) is 6.10 Å². The van der Waals surface area contributed by atoms with E-state index in [9.17, 15) is 4.79 Å². The summed E-state index contributed by atoms with van der Waals surface area (Å²) in [6.45, 7) is 4.16. The molecule has 1 unspecified atom stereocenters. The van der Waals surface area contributed by atoms with Crippen LogP contribution in [-0.2, 0) is 29.2 Å². The summed E-state index contributed by atoms with van der Waals surface area (Å²) in [4.78, 5) is 11.5. The van der Waals surface area contributed by atoms with Crippen molar-refractivity contribution >= 4 is 18.3 Å². The van der Waals surface area contributed by atoms with Gasteiger partial charge in [-0.25, -0.2) is 0 Å². The Hall–Kier alpha value is -1.10. The summed E-state index contributed by atoms with van der Waals surface area (Å²) in [5.74, 6) is -0.0777. The molecule has 0 spiro atoms. The second kappa shape index (κ2) is 6.73. The minimum Gasteiger partial charge on any atom is -0.372 e. The Morgan fingerprint density at radius 1 is 1.44 bits per heavy atom. The first-order chi connectivity index (χ1) is 8.20. The van der Waals surface area contributed by atoms with Gasteiger partial charge in [0.15, 0.2) is 0 Å². The Balaban J connectivity index is 0.00000162. The Morgan fingerprint density at radius 2 is 2.17 bits per heavy atom. The molecule has 0 saturated heterocycles. The Labute approximate surface area is 114 Å². The van der Waals surface area contributed by atoms with E-state index in [0.717, 1.165) is 18.7 Å². The predicted molar refractivity (Wildman–Crippen MR) is 72.6 cm³/mol. The third-order valence-corrected chi connectivity index (χ3v) is 3.09. The number of methoxy groups -OCH3 is 1. The van der Waals surface area contributed by atoms with Crippen LogP contribution < -0.4 is 10.6 Å². The summed E-state index contributed by atoms with van der Waals surface area (Å²) in [6, 6.07) is 6.33. The van der Waals surface area contributed by atoms with Crippen molar-refractivity contribution in [2.24, 2.45) is 0 Å². The normalized spacial score (nSPS) is 14.6. The number of halogens is 1. The maximum atomic E-state index is 11.5. The highest BCUT2D eigenvalue weighted by molar-refractivity contribution is 5.85. The highest BCUT2D eigenvalue weighted by atomic mass is 35.5. The standard InChI is InChI=1S/C13H18N2O2.ClH/c1-9(17-2)13(16)15-6-10-3-4-11-7-14-8-12(11)5-10;/h3-5,9,14H,6-8H2,1-2H3,(H,15,16);1H. The molecular formula is C13H19ClN2O2. The number of rotatable bonds is 4. The molecule has 1 aromatic rings. The van der Waals surface area contributed by atoms with Gasteiger partial charge in [0.25, 0.3) is 0 Å². The summed E-state index contributed by atoms with van der Waals surface area (Å²) < 4.78 is 4.95.